The Morgan fingerprint density at radius 3 is 2.62 bits per heavy atom. The Balaban J connectivity index is 1.87. The quantitative estimate of drug-likeness (QED) is 0.198. The van der Waals surface area contributed by atoms with E-state index >= 15 is 0 Å². The lowest BCUT2D eigenvalue weighted by atomic mass is 10.2. The zero-order valence-electron chi connectivity index (χ0n) is 19.1. The first kappa shape index (κ1) is 25.5. The molecule has 12 heteroatoms. The second kappa shape index (κ2) is 11.8. The van der Waals surface area contributed by atoms with Crippen molar-refractivity contribution in [3.63, 3.8) is 0 Å². The maximum atomic E-state index is 12.5. The highest BCUT2D eigenvalue weighted by molar-refractivity contribution is 7.98. The first-order valence-electron chi connectivity index (χ1n) is 11.0. The molecule has 2 aromatic rings. The van der Waals surface area contributed by atoms with E-state index in [0.717, 1.165) is 24.1 Å². The summed E-state index contributed by atoms with van der Waals surface area (Å²) in [4.78, 5) is 52.4. The molecular weight excluding hydrogens is 462 g/mol. The highest BCUT2D eigenvalue weighted by Crippen LogP contribution is 2.40. The van der Waals surface area contributed by atoms with Gasteiger partial charge in [-0.2, -0.15) is 11.8 Å². The summed E-state index contributed by atoms with van der Waals surface area (Å²) < 4.78 is 6.67. The molecule has 1 unspecified atom stereocenters. The number of carbonyl (C=O) groups excluding carboxylic acids is 4. The van der Waals surface area contributed by atoms with Crippen LogP contribution in [0.5, 0.6) is 0 Å². The summed E-state index contributed by atoms with van der Waals surface area (Å²) in [6, 6.07) is 5.08. The summed E-state index contributed by atoms with van der Waals surface area (Å²) >= 11 is 1.65. The minimum absolute atomic E-state index is 0.0592. The SMILES string of the molecule is COC(=O)CNC(=O)c1ccc2c(c1)nc(C(CCSC)NC(=O)CCC(=O)NO)n2C1CC1. The van der Waals surface area contributed by atoms with E-state index in [2.05, 4.69) is 19.9 Å². The normalized spacial score (nSPS) is 13.9. The number of ether oxygens (including phenoxy) is 1. The zero-order chi connectivity index (χ0) is 24.7. The molecule has 1 saturated carbocycles. The first-order valence-corrected chi connectivity index (χ1v) is 12.4. The lowest BCUT2D eigenvalue weighted by Gasteiger charge is -2.20. The number of imidazole rings is 1. The largest absolute Gasteiger partial charge is 0.468 e. The van der Waals surface area contributed by atoms with Crippen LogP contribution in [0, 0.1) is 0 Å². The minimum atomic E-state index is -0.626. The number of nitrogens with one attached hydrogen (secondary N) is 3. The van der Waals surface area contributed by atoms with Gasteiger partial charge in [-0.15, -0.1) is 0 Å². The number of thioether (sulfide) groups is 1. The number of benzene rings is 1. The number of methoxy groups -OCH3 is 1. The van der Waals surface area contributed by atoms with E-state index in [0.29, 0.717) is 23.3 Å². The number of hydroxylamine groups is 1. The lowest BCUT2D eigenvalue weighted by molar-refractivity contribution is -0.139. The highest BCUT2D eigenvalue weighted by atomic mass is 32.2. The van der Waals surface area contributed by atoms with Crippen LogP contribution in [0.1, 0.15) is 60.4 Å². The van der Waals surface area contributed by atoms with Gasteiger partial charge in [0, 0.05) is 24.4 Å². The smallest absolute Gasteiger partial charge is 0.325 e. The number of esters is 1. The molecule has 1 aliphatic rings. The van der Waals surface area contributed by atoms with E-state index < -0.39 is 17.8 Å². The molecule has 0 radical (unpaired) electrons. The lowest BCUT2D eigenvalue weighted by Crippen LogP contribution is -2.32. The van der Waals surface area contributed by atoms with Crippen LogP contribution in [0.25, 0.3) is 11.0 Å². The molecule has 184 valence electrons. The van der Waals surface area contributed by atoms with Crippen molar-refractivity contribution in [2.45, 2.75) is 44.2 Å². The topological polar surface area (TPSA) is 152 Å². The Hall–Kier alpha value is -3.12. The van der Waals surface area contributed by atoms with Gasteiger partial charge in [-0.25, -0.2) is 10.5 Å². The molecule has 3 rings (SSSR count). The molecule has 0 spiro atoms. The van der Waals surface area contributed by atoms with Crippen LogP contribution < -0.4 is 16.1 Å². The van der Waals surface area contributed by atoms with Crippen molar-refractivity contribution < 1.29 is 29.1 Å². The molecule has 1 heterocycles. The minimum Gasteiger partial charge on any atom is -0.468 e. The van der Waals surface area contributed by atoms with Crippen LogP contribution >= 0.6 is 11.8 Å². The highest BCUT2D eigenvalue weighted by Gasteiger charge is 2.32. The molecule has 11 nitrogen and oxygen atoms in total. The van der Waals surface area contributed by atoms with Crippen molar-refractivity contribution >= 4 is 46.5 Å². The van der Waals surface area contributed by atoms with Crippen LogP contribution in [-0.4, -0.2) is 64.1 Å². The van der Waals surface area contributed by atoms with Gasteiger partial charge in [0.05, 0.1) is 24.2 Å². The average Bonchev–Trinajstić information content (AvgIpc) is 3.62. The van der Waals surface area contributed by atoms with Crippen LogP contribution in [0.2, 0.25) is 0 Å². The summed E-state index contributed by atoms with van der Waals surface area (Å²) in [7, 11) is 1.25. The van der Waals surface area contributed by atoms with Gasteiger partial charge in [0.1, 0.15) is 12.4 Å². The molecule has 34 heavy (non-hydrogen) atoms. The molecule has 1 fully saturated rings. The molecule has 1 aliphatic carbocycles. The molecule has 3 amide bonds. The Bertz CT molecular complexity index is 1070. The van der Waals surface area contributed by atoms with Gasteiger partial charge in [0.2, 0.25) is 11.8 Å². The number of fused-ring (bicyclic) bond motifs is 1. The average molecular weight is 492 g/mol. The molecular formula is C22H29N5O6S. The van der Waals surface area contributed by atoms with Crippen molar-refractivity contribution in [2.24, 2.45) is 0 Å². The maximum absolute atomic E-state index is 12.5. The van der Waals surface area contributed by atoms with Crippen LogP contribution in [0.15, 0.2) is 18.2 Å². The Labute approximate surface area is 201 Å². The van der Waals surface area contributed by atoms with Gasteiger partial charge >= 0.3 is 5.97 Å². The second-order valence-corrected chi connectivity index (χ2v) is 8.96. The van der Waals surface area contributed by atoms with E-state index in [1.807, 2.05) is 12.3 Å². The molecule has 0 bridgehead atoms. The van der Waals surface area contributed by atoms with Crippen LogP contribution in [0.3, 0.4) is 0 Å². The molecule has 1 aromatic carbocycles. The van der Waals surface area contributed by atoms with Crippen molar-refractivity contribution in [1.82, 2.24) is 25.7 Å². The number of aromatic nitrogens is 2. The third kappa shape index (κ3) is 6.48. The van der Waals surface area contributed by atoms with Gasteiger partial charge in [0.25, 0.3) is 5.91 Å². The first-order chi connectivity index (χ1) is 16.4. The molecule has 0 aliphatic heterocycles. The Morgan fingerprint density at radius 1 is 1.24 bits per heavy atom. The molecule has 1 atom stereocenters. The maximum Gasteiger partial charge on any atom is 0.325 e. The summed E-state index contributed by atoms with van der Waals surface area (Å²) in [5.41, 5.74) is 3.38. The summed E-state index contributed by atoms with van der Waals surface area (Å²) in [5.74, 6) is -0.399. The summed E-state index contributed by atoms with van der Waals surface area (Å²) in [6.07, 6.45) is 4.44. The predicted octanol–water partition coefficient (Wildman–Crippen LogP) is 1.47. The van der Waals surface area contributed by atoms with Crippen molar-refractivity contribution in [1.29, 1.82) is 0 Å². The molecule has 1 aromatic heterocycles. The zero-order valence-corrected chi connectivity index (χ0v) is 19.9. The van der Waals surface area contributed by atoms with E-state index in [9.17, 15) is 19.2 Å². The van der Waals surface area contributed by atoms with Gasteiger partial charge in [-0.05, 0) is 49.5 Å². The van der Waals surface area contributed by atoms with E-state index in [1.165, 1.54) is 12.6 Å². The van der Waals surface area contributed by atoms with Gasteiger partial charge < -0.3 is 19.9 Å². The summed E-state index contributed by atoms with van der Waals surface area (Å²) in [6.45, 7) is -0.230. The Morgan fingerprint density at radius 2 is 1.97 bits per heavy atom. The number of hydrogen-bond donors (Lipinski definition) is 4. The van der Waals surface area contributed by atoms with Crippen LogP contribution in [0.4, 0.5) is 0 Å². The van der Waals surface area contributed by atoms with Crippen molar-refractivity contribution in [3.05, 3.63) is 29.6 Å². The van der Waals surface area contributed by atoms with E-state index in [1.54, 1.807) is 23.9 Å². The van der Waals surface area contributed by atoms with Crippen molar-refractivity contribution in [3.8, 4) is 0 Å². The number of nitrogens with zero attached hydrogens (tertiary/aromatic N) is 2. The fourth-order valence-electron chi connectivity index (χ4n) is 3.60. The monoisotopic (exact) mass is 491 g/mol. The third-order valence-corrected chi connectivity index (χ3v) is 6.12. The number of amides is 3. The van der Waals surface area contributed by atoms with E-state index in [-0.39, 0.29) is 37.4 Å². The van der Waals surface area contributed by atoms with E-state index in [4.69, 9.17) is 10.2 Å². The second-order valence-electron chi connectivity index (χ2n) is 7.97. The van der Waals surface area contributed by atoms with Crippen molar-refractivity contribution in [2.75, 3.05) is 25.7 Å². The van der Waals surface area contributed by atoms with Gasteiger partial charge in [-0.1, -0.05) is 0 Å². The Kier molecular flexibility index (Phi) is 8.88. The van der Waals surface area contributed by atoms with Gasteiger partial charge in [0.15, 0.2) is 0 Å². The fraction of sp³-hybridized carbons (Fsp3) is 0.500. The summed E-state index contributed by atoms with van der Waals surface area (Å²) in [5, 5.41) is 14.1. The molecule has 4 N–H and O–H groups in total. The standard InChI is InChI=1S/C22H29N5O6S/c1-33-20(30)12-23-22(31)13-3-6-17-16(11-13)25-21(27(17)14-4-5-14)15(9-10-34-2)24-18(28)7-8-19(29)26-32/h3,6,11,14-15,32H,4-5,7-10,12H2,1-2H3,(H,23,31)(H,24,28)(H,26,29). The third-order valence-electron chi connectivity index (χ3n) is 5.47. The predicted molar refractivity (Wildman–Crippen MR) is 125 cm³/mol. The number of hydrogen-bond acceptors (Lipinski definition) is 8. The van der Waals surface area contributed by atoms with Crippen LogP contribution in [-0.2, 0) is 19.1 Å². The number of carbonyl (C=O) groups is 4. The van der Waals surface area contributed by atoms with Gasteiger partial charge in [-0.3, -0.25) is 24.4 Å². The molecule has 0 saturated heterocycles. The number of rotatable bonds is 12. The fourth-order valence-corrected chi connectivity index (χ4v) is 4.07.